The fourth-order valence-corrected chi connectivity index (χ4v) is 7.78. The average molecular weight is 714 g/mol. The summed E-state index contributed by atoms with van der Waals surface area (Å²) < 4.78 is 0. The van der Waals surface area contributed by atoms with Crippen LogP contribution in [0.2, 0.25) is 0 Å². The van der Waals surface area contributed by atoms with Crippen molar-refractivity contribution in [3.05, 3.63) is 0 Å². The van der Waals surface area contributed by atoms with Crippen LogP contribution in [0.4, 0.5) is 0 Å². The minimum Gasteiger partial charge on any atom is -0.548 e. The van der Waals surface area contributed by atoms with Crippen molar-refractivity contribution in [3.63, 3.8) is 0 Å². The third kappa shape index (κ3) is 39.6. The smallest absolute Gasteiger partial charge is 0.548 e. The maximum atomic E-state index is 11.8. The van der Waals surface area contributed by atoms with Crippen molar-refractivity contribution in [1.82, 2.24) is 4.90 Å². The van der Waals surface area contributed by atoms with Gasteiger partial charge in [0.2, 0.25) is 0 Å². The Morgan fingerprint density at radius 1 is 0.360 bits per heavy atom. The molecule has 0 N–H and O–H groups in total. The van der Waals surface area contributed by atoms with Crippen molar-refractivity contribution in [3.8, 4) is 0 Å². The Hall–Kier alpha value is 0.430. The summed E-state index contributed by atoms with van der Waals surface area (Å²) in [6.07, 6.45) is 53.5. The van der Waals surface area contributed by atoms with Crippen LogP contribution in [-0.4, -0.2) is 30.0 Å². The molecule has 0 amide bonds. The van der Waals surface area contributed by atoms with E-state index in [1.165, 1.54) is 231 Å². The van der Waals surface area contributed by atoms with Crippen LogP contribution in [0.1, 0.15) is 271 Å². The van der Waals surface area contributed by atoms with Crippen molar-refractivity contribution in [2.45, 2.75) is 277 Å². The Balaban J connectivity index is 0. The van der Waals surface area contributed by atoms with E-state index >= 15 is 0 Å². The maximum absolute atomic E-state index is 11.8. The van der Waals surface area contributed by atoms with Gasteiger partial charge in [-0.25, -0.2) is 0 Å². The van der Waals surface area contributed by atoms with Crippen molar-refractivity contribution in [1.29, 1.82) is 0 Å². The summed E-state index contributed by atoms with van der Waals surface area (Å²) in [4.78, 5) is 14.1. The maximum Gasteiger partial charge on any atom is 1.00 e. The number of carbonyl (C=O) groups is 1. The molecule has 1 atom stereocenters. The predicted octanol–water partition coefficient (Wildman–Crippen LogP) is 11.7. The van der Waals surface area contributed by atoms with Crippen LogP contribution in [0, 0.1) is 0 Å². The molecule has 50 heavy (non-hydrogen) atoms. The molecule has 0 aliphatic heterocycles. The van der Waals surface area contributed by atoms with E-state index in [0.717, 1.165) is 25.9 Å². The van der Waals surface area contributed by atoms with Gasteiger partial charge in [0.15, 0.2) is 0 Å². The van der Waals surface area contributed by atoms with Gasteiger partial charge in [0.1, 0.15) is 0 Å². The first-order chi connectivity index (χ1) is 24.2. The normalized spacial score (nSPS) is 12.1. The molecule has 294 valence electrons. The topological polar surface area (TPSA) is 43.4 Å². The quantitative estimate of drug-likeness (QED) is 0.0467. The second-order valence-electron chi connectivity index (χ2n) is 16.0. The van der Waals surface area contributed by atoms with E-state index < -0.39 is 12.0 Å². The first-order valence-electron chi connectivity index (χ1n) is 23.1. The molecule has 0 aromatic rings. The van der Waals surface area contributed by atoms with Gasteiger partial charge in [-0.3, -0.25) is 4.90 Å². The molecule has 0 bridgehead atoms. The van der Waals surface area contributed by atoms with Gasteiger partial charge in [0.25, 0.3) is 0 Å². The van der Waals surface area contributed by atoms with Crippen LogP contribution in [-0.2, 0) is 4.79 Å². The average Bonchev–Trinajstić information content (AvgIpc) is 3.10. The Bertz CT molecular complexity index is 587. The van der Waals surface area contributed by atoms with Gasteiger partial charge in [-0.1, -0.05) is 252 Å². The zero-order chi connectivity index (χ0) is 35.7. The molecule has 0 aromatic heterocycles. The zero-order valence-corrected chi connectivity index (χ0v) is 37.3. The van der Waals surface area contributed by atoms with E-state index in [1.807, 2.05) is 6.92 Å². The summed E-state index contributed by atoms with van der Waals surface area (Å²) in [5, 5.41) is 11.8. The van der Waals surface area contributed by atoms with Crippen LogP contribution in [0.3, 0.4) is 0 Å². The number of hydrogen-bond acceptors (Lipinski definition) is 3. The molecular weight excluding hydrogens is 622 g/mol. The zero-order valence-electron chi connectivity index (χ0n) is 35.3. The molecule has 0 rings (SSSR count). The summed E-state index contributed by atoms with van der Waals surface area (Å²) in [7, 11) is 0. The SMILES string of the molecule is CCCCCCCCCCCCCCCCCCCCCN(CCCCCCCCCCCCCCCCCCCCC)C(CC)C(=O)[O-].[Na+]. The summed E-state index contributed by atoms with van der Waals surface area (Å²) >= 11 is 0. The molecule has 0 fully saturated rings. The molecule has 0 aliphatic rings. The van der Waals surface area contributed by atoms with Crippen LogP contribution < -0.4 is 34.7 Å². The van der Waals surface area contributed by atoms with Gasteiger partial charge in [0, 0.05) is 6.04 Å². The van der Waals surface area contributed by atoms with Gasteiger partial charge < -0.3 is 9.90 Å². The minimum atomic E-state index is -0.877. The molecule has 0 radical (unpaired) electrons. The van der Waals surface area contributed by atoms with Gasteiger partial charge in [-0.15, -0.1) is 0 Å². The number of rotatable bonds is 43. The molecule has 0 heterocycles. The van der Waals surface area contributed by atoms with Gasteiger partial charge in [-0.05, 0) is 32.4 Å². The third-order valence-corrected chi connectivity index (χ3v) is 11.2. The molecule has 3 nitrogen and oxygen atoms in total. The van der Waals surface area contributed by atoms with Crippen LogP contribution in [0.5, 0.6) is 0 Å². The Labute approximate surface area is 338 Å². The van der Waals surface area contributed by atoms with Crippen molar-refractivity contribution < 1.29 is 39.5 Å². The van der Waals surface area contributed by atoms with E-state index in [2.05, 4.69) is 18.7 Å². The van der Waals surface area contributed by atoms with E-state index in [9.17, 15) is 9.90 Å². The first-order valence-corrected chi connectivity index (χ1v) is 23.1. The van der Waals surface area contributed by atoms with Crippen molar-refractivity contribution in [2.75, 3.05) is 13.1 Å². The molecule has 0 saturated carbocycles. The van der Waals surface area contributed by atoms with Gasteiger partial charge >= 0.3 is 29.6 Å². The number of carboxylic acid groups (broad SMARTS) is 1. The summed E-state index contributed by atoms with van der Waals surface area (Å²) in [5.74, 6) is -0.877. The summed E-state index contributed by atoms with van der Waals surface area (Å²) in [6, 6.07) is -0.411. The minimum absolute atomic E-state index is 0. The molecule has 4 heteroatoms. The molecule has 0 aliphatic carbocycles. The number of carbonyl (C=O) groups excluding carboxylic acids is 1. The molecular formula is C46H92NNaO2. The Kier molecular flexibility index (Phi) is 47.9. The molecule has 0 aromatic carbocycles. The number of nitrogens with zero attached hydrogens (tertiary/aromatic N) is 1. The van der Waals surface area contributed by atoms with Crippen LogP contribution in [0.25, 0.3) is 0 Å². The number of hydrogen-bond donors (Lipinski definition) is 0. The molecule has 0 saturated heterocycles. The Morgan fingerprint density at radius 3 is 0.700 bits per heavy atom. The van der Waals surface area contributed by atoms with Crippen LogP contribution in [0.15, 0.2) is 0 Å². The van der Waals surface area contributed by atoms with Crippen molar-refractivity contribution >= 4 is 5.97 Å². The van der Waals surface area contributed by atoms with Gasteiger partial charge in [-0.2, -0.15) is 0 Å². The molecule has 0 spiro atoms. The standard InChI is InChI=1S/C46H93NO2.Na/c1-4-7-9-11-13-15-17-19-21-23-25-27-29-31-33-35-37-39-41-43-47(45(6-3)46(48)49)44-42-40-38-36-34-32-30-28-26-24-22-20-18-16-14-12-10-8-5-2;/h45H,4-44H2,1-3H3,(H,48,49);/q;+1/p-1. The number of carboxylic acids is 1. The fourth-order valence-electron chi connectivity index (χ4n) is 7.78. The Morgan fingerprint density at radius 2 is 0.540 bits per heavy atom. The largest absolute Gasteiger partial charge is 1.00 e. The number of aliphatic carboxylic acids is 1. The van der Waals surface area contributed by atoms with E-state index in [4.69, 9.17) is 0 Å². The summed E-state index contributed by atoms with van der Waals surface area (Å²) in [5.41, 5.74) is 0. The predicted molar refractivity (Wildman–Crippen MR) is 217 cm³/mol. The second kappa shape index (κ2) is 45.6. The first kappa shape index (κ1) is 52.5. The van der Waals surface area contributed by atoms with E-state index in [0.29, 0.717) is 6.42 Å². The third-order valence-electron chi connectivity index (χ3n) is 11.2. The van der Waals surface area contributed by atoms with Crippen LogP contribution >= 0.6 is 0 Å². The van der Waals surface area contributed by atoms with Crippen molar-refractivity contribution in [2.24, 2.45) is 0 Å². The van der Waals surface area contributed by atoms with E-state index in [1.54, 1.807) is 0 Å². The van der Waals surface area contributed by atoms with Gasteiger partial charge in [0.05, 0.1) is 5.97 Å². The second-order valence-corrected chi connectivity index (χ2v) is 16.0. The molecule has 1 unspecified atom stereocenters. The summed E-state index contributed by atoms with van der Waals surface area (Å²) in [6.45, 7) is 8.44. The monoisotopic (exact) mass is 714 g/mol. The fraction of sp³-hybridized carbons (Fsp3) is 0.978. The number of unbranched alkanes of at least 4 members (excludes halogenated alkanes) is 36. The van der Waals surface area contributed by atoms with E-state index in [-0.39, 0.29) is 29.6 Å².